The Morgan fingerprint density at radius 3 is 2.35 bits per heavy atom. The van der Waals surface area contributed by atoms with Crippen LogP contribution in [-0.4, -0.2) is 17.4 Å². The third-order valence-corrected chi connectivity index (χ3v) is 6.22. The van der Waals surface area contributed by atoms with Gasteiger partial charge in [0.05, 0.1) is 31.7 Å². The van der Waals surface area contributed by atoms with E-state index >= 15 is 0 Å². The monoisotopic (exact) mass is 623 g/mol. The molecule has 0 atom stereocenters. The van der Waals surface area contributed by atoms with Gasteiger partial charge in [-0.3, -0.25) is 14.9 Å². The first-order valence-electron chi connectivity index (χ1n) is 10.5. The van der Waals surface area contributed by atoms with Gasteiger partial charge in [0.1, 0.15) is 18.2 Å². The minimum atomic E-state index is -0.808. The van der Waals surface area contributed by atoms with E-state index in [-0.39, 0.29) is 33.6 Å². The van der Waals surface area contributed by atoms with E-state index in [9.17, 15) is 20.2 Å². The minimum absolute atomic E-state index is 0.0535. The van der Waals surface area contributed by atoms with Crippen molar-refractivity contribution in [2.24, 2.45) is 0 Å². The lowest BCUT2D eigenvalue weighted by Crippen LogP contribution is -2.14. The molecule has 0 heterocycles. The van der Waals surface area contributed by atoms with Gasteiger partial charge in [-0.05, 0) is 64.3 Å². The summed E-state index contributed by atoms with van der Waals surface area (Å²) in [6.45, 7) is 2.42. The molecule has 0 saturated heterocycles. The van der Waals surface area contributed by atoms with Crippen molar-refractivity contribution in [1.29, 1.82) is 5.26 Å². The summed E-state index contributed by atoms with van der Waals surface area (Å²) in [6.07, 6.45) is 1.35. The summed E-state index contributed by atoms with van der Waals surface area (Å²) in [7, 11) is 0. The standard InChI is InChI=1S/C25H17BrCl3N3O5/c1-2-36-22-9-15(8-19(26)24(22)37-13-14-3-5-17(27)6-4-14)7-16(12-30)25(33)31-23-20(28)10-18(32(34)35)11-21(23)29/h3-11H,2,13H2,1H3,(H,31,33)/b16-7+. The summed E-state index contributed by atoms with van der Waals surface area (Å²) in [5.74, 6) is 0.0369. The van der Waals surface area contributed by atoms with E-state index in [0.717, 1.165) is 17.7 Å². The van der Waals surface area contributed by atoms with Crippen molar-refractivity contribution in [2.75, 3.05) is 11.9 Å². The average molecular weight is 626 g/mol. The third-order valence-electron chi connectivity index (χ3n) is 4.78. The number of benzene rings is 3. The highest BCUT2D eigenvalue weighted by Gasteiger charge is 2.19. The number of ether oxygens (including phenoxy) is 2. The zero-order chi connectivity index (χ0) is 27.1. The Labute approximate surface area is 235 Å². The second-order valence-electron chi connectivity index (χ2n) is 7.34. The van der Waals surface area contributed by atoms with Gasteiger partial charge in [-0.2, -0.15) is 5.26 Å². The van der Waals surface area contributed by atoms with Gasteiger partial charge in [0.25, 0.3) is 11.6 Å². The van der Waals surface area contributed by atoms with E-state index in [1.165, 1.54) is 6.08 Å². The summed E-state index contributed by atoms with van der Waals surface area (Å²) in [5.41, 5.74) is 0.712. The molecule has 0 radical (unpaired) electrons. The Kier molecular flexibility index (Phi) is 9.78. The van der Waals surface area contributed by atoms with Crippen molar-refractivity contribution in [2.45, 2.75) is 13.5 Å². The molecule has 0 unspecified atom stereocenters. The van der Waals surface area contributed by atoms with Gasteiger partial charge in [-0.25, -0.2) is 0 Å². The van der Waals surface area contributed by atoms with Gasteiger partial charge in [0, 0.05) is 17.2 Å². The highest BCUT2D eigenvalue weighted by atomic mass is 79.9. The predicted octanol–water partition coefficient (Wildman–Crippen LogP) is 7.84. The molecule has 0 aromatic heterocycles. The number of nitrogens with zero attached hydrogens (tertiary/aromatic N) is 2. The van der Waals surface area contributed by atoms with E-state index in [0.29, 0.717) is 33.2 Å². The molecule has 0 aliphatic heterocycles. The molecule has 12 heteroatoms. The zero-order valence-electron chi connectivity index (χ0n) is 19.1. The number of nitrogens with one attached hydrogen (secondary N) is 1. The van der Waals surface area contributed by atoms with E-state index in [1.54, 1.807) is 24.3 Å². The Hall–Kier alpha value is -3.29. The highest BCUT2D eigenvalue weighted by molar-refractivity contribution is 9.10. The molecule has 1 amide bonds. The fraction of sp³-hybridized carbons (Fsp3) is 0.120. The number of anilines is 1. The van der Waals surface area contributed by atoms with E-state index in [4.69, 9.17) is 44.3 Å². The predicted molar refractivity (Wildman–Crippen MR) is 146 cm³/mol. The molecule has 0 aliphatic carbocycles. The number of carbonyl (C=O) groups is 1. The first-order valence-corrected chi connectivity index (χ1v) is 12.5. The molecule has 0 spiro atoms. The fourth-order valence-electron chi connectivity index (χ4n) is 3.09. The van der Waals surface area contributed by atoms with Gasteiger partial charge in [0.15, 0.2) is 11.5 Å². The van der Waals surface area contributed by atoms with Crippen LogP contribution in [0.2, 0.25) is 15.1 Å². The van der Waals surface area contributed by atoms with Gasteiger partial charge < -0.3 is 14.8 Å². The number of nitro groups is 1. The lowest BCUT2D eigenvalue weighted by atomic mass is 10.1. The molecule has 0 bridgehead atoms. The van der Waals surface area contributed by atoms with Crippen molar-refractivity contribution in [1.82, 2.24) is 0 Å². The van der Waals surface area contributed by atoms with Gasteiger partial charge >= 0.3 is 0 Å². The van der Waals surface area contributed by atoms with Crippen LogP contribution in [-0.2, 0) is 11.4 Å². The molecule has 190 valence electrons. The molecular weight excluding hydrogens is 609 g/mol. The van der Waals surface area contributed by atoms with Crippen LogP contribution in [0.3, 0.4) is 0 Å². The number of hydrogen-bond donors (Lipinski definition) is 1. The summed E-state index contributed by atoms with van der Waals surface area (Å²) < 4.78 is 12.2. The van der Waals surface area contributed by atoms with Crippen LogP contribution < -0.4 is 14.8 Å². The maximum absolute atomic E-state index is 12.8. The lowest BCUT2D eigenvalue weighted by molar-refractivity contribution is -0.384. The van der Waals surface area contributed by atoms with Crippen LogP contribution in [0, 0.1) is 21.4 Å². The SMILES string of the molecule is CCOc1cc(/C=C(\C#N)C(=O)Nc2c(Cl)cc([N+](=O)[O-])cc2Cl)cc(Br)c1OCc1ccc(Cl)cc1. The third kappa shape index (κ3) is 7.37. The van der Waals surface area contributed by atoms with Crippen molar-refractivity contribution in [3.05, 3.63) is 94.9 Å². The first-order chi connectivity index (χ1) is 17.6. The second kappa shape index (κ2) is 12.8. The van der Waals surface area contributed by atoms with Crippen LogP contribution in [0.4, 0.5) is 11.4 Å². The normalized spacial score (nSPS) is 11.0. The lowest BCUT2D eigenvalue weighted by Gasteiger charge is -2.15. The summed E-state index contributed by atoms with van der Waals surface area (Å²) in [4.78, 5) is 23.1. The van der Waals surface area contributed by atoms with Gasteiger partial charge in [0.2, 0.25) is 0 Å². The van der Waals surface area contributed by atoms with Crippen LogP contribution in [0.1, 0.15) is 18.1 Å². The summed E-state index contributed by atoms with van der Waals surface area (Å²) >= 11 is 21.5. The second-order valence-corrected chi connectivity index (χ2v) is 9.45. The summed E-state index contributed by atoms with van der Waals surface area (Å²) in [5, 5.41) is 23.3. The van der Waals surface area contributed by atoms with Crippen LogP contribution in [0.5, 0.6) is 11.5 Å². The van der Waals surface area contributed by atoms with Crippen LogP contribution in [0.25, 0.3) is 6.08 Å². The number of non-ortho nitro benzene ring substituents is 1. The van der Waals surface area contributed by atoms with Crippen molar-refractivity contribution < 1.29 is 19.2 Å². The van der Waals surface area contributed by atoms with Crippen molar-refractivity contribution >= 4 is 74.1 Å². The van der Waals surface area contributed by atoms with E-state index in [1.807, 2.05) is 25.1 Å². The topological polar surface area (TPSA) is 114 Å². The summed E-state index contributed by atoms with van der Waals surface area (Å²) in [6, 6.07) is 14.4. The zero-order valence-corrected chi connectivity index (χ0v) is 22.9. The highest BCUT2D eigenvalue weighted by Crippen LogP contribution is 2.39. The maximum atomic E-state index is 12.8. The number of hydrogen-bond acceptors (Lipinski definition) is 6. The van der Waals surface area contributed by atoms with Crippen molar-refractivity contribution in [3.8, 4) is 17.6 Å². The van der Waals surface area contributed by atoms with Crippen molar-refractivity contribution in [3.63, 3.8) is 0 Å². The van der Waals surface area contributed by atoms with Gasteiger partial charge in [-0.15, -0.1) is 0 Å². The van der Waals surface area contributed by atoms with Crippen LogP contribution in [0.15, 0.2) is 58.6 Å². The van der Waals surface area contributed by atoms with Gasteiger partial charge in [-0.1, -0.05) is 46.9 Å². The Morgan fingerprint density at radius 1 is 1.14 bits per heavy atom. The molecule has 3 rings (SSSR count). The molecule has 0 aliphatic rings. The number of rotatable bonds is 9. The number of nitriles is 1. The number of nitro benzene ring substituents is 1. The molecule has 0 fully saturated rings. The Morgan fingerprint density at radius 2 is 1.78 bits per heavy atom. The molecule has 1 N–H and O–H groups in total. The smallest absolute Gasteiger partial charge is 0.272 e. The van der Waals surface area contributed by atoms with E-state index < -0.39 is 10.8 Å². The first kappa shape index (κ1) is 28.3. The average Bonchev–Trinajstić information content (AvgIpc) is 2.85. The Balaban J connectivity index is 1.87. The van der Waals surface area contributed by atoms with E-state index in [2.05, 4.69) is 21.2 Å². The largest absolute Gasteiger partial charge is 0.490 e. The molecular formula is C25H17BrCl3N3O5. The number of carbonyl (C=O) groups excluding carboxylic acids is 1. The molecule has 3 aromatic rings. The molecule has 0 saturated carbocycles. The molecule has 37 heavy (non-hydrogen) atoms. The molecule has 8 nitrogen and oxygen atoms in total. The van der Waals surface area contributed by atoms with Crippen LogP contribution >= 0.6 is 50.7 Å². The minimum Gasteiger partial charge on any atom is -0.490 e. The molecule has 3 aromatic carbocycles. The fourth-order valence-corrected chi connectivity index (χ4v) is 4.36. The maximum Gasteiger partial charge on any atom is 0.272 e. The number of amides is 1. The number of halogens is 4. The Bertz CT molecular complexity index is 1400. The quantitative estimate of drug-likeness (QED) is 0.112.